The minimum Gasteiger partial charge on any atom is -0.469 e. The first-order valence-electron chi connectivity index (χ1n) is 6.59. The molecule has 3 heteroatoms. The van der Waals surface area contributed by atoms with Gasteiger partial charge in [0.25, 0.3) is 0 Å². The van der Waals surface area contributed by atoms with Crippen LogP contribution in [0.4, 0.5) is 0 Å². The van der Waals surface area contributed by atoms with Crippen LogP contribution in [0.2, 0.25) is 19.6 Å². The van der Waals surface area contributed by atoms with Crippen molar-refractivity contribution in [2.75, 3.05) is 7.11 Å². The molecule has 19 heavy (non-hydrogen) atoms. The Kier molecular flexibility index (Phi) is 5.12. The second kappa shape index (κ2) is 6.20. The highest BCUT2D eigenvalue weighted by Crippen LogP contribution is 2.35. The quantitative estimate of drug-likeness (QED) is 0.430. The Hall–Kier alpha value is -1.35. The van der Waals surface area contributed by atoms with Gasteiger partial charge in [-0.3, -0.25) is 4.79 Å². The molecule has 0 saturated heterocycles. The zero-order chi connectivity index (χ0) is 14.5. The normalized spacial score (nSPS) is 22.2. The molecule has 1 rings (SSSR count). The number of hydrogen-bond donors (Lipinski definition) is 0. The maximum absolute atomic E-state index is 11.5. The lowest BCUT2D eigenvalue weighted by atomic mass is 9.77. The standard InChI is InChI=1S/C16H24O2Si/c1-6-9-16(12-15(17)18-2)10-7-14(8-11-16)13-19(3,4)5/h6-8,10-11,13H,1,9,12H2,2-5H3. The molecule has 0 radical (unpaired) electrons. The molecule has 0 saturated carbocycles. The van der Waals surface area contributed by atoms with E-state index in [4.69, 9.17) is 4.74 Å². The third-order valence-corrected chi connectivity index (χ3v) is 4.24. The van der Waals surface area contributed by atoms with Crippen LogP contribution in [0.1, 0.15) is 12.8 Å². The van der Waals surface area contributed by atoms with Crippen LogP contribution in [0, 0.1) is 5.41 Å². The molecule has 104 valence electrons. The van der Waals surface area contributed by atoms with Crippen molar-refractivity contribution in [2.45, 2.75) is 32.5 Å². The molecule has 0 aromatic heterocycles. The first-order valence-corrected chi connectivity index (χ1v) is 10.2. The predicted molar refractivity (Wildman–Crippen MR) is 83.6 cm³/mol. The van der Waals surface area contributed by atoms with Crippen molar-refractivity contribution in [1.29, 1.82) is 0 Å². The summed E-state index contributed by atoms with van der Waals surface area (Å²) in [7, 11) is 0.203. The number of methoxy groups -OCH3 is 1. The summed E-state index contributed by atoms with van der Waals surface area (Å²) >= 11 is 0. The second-order valence-electron chi connectivity index (χ2n) is 6.16. The average Bonchev–Trinajstić information content (AvgIpc) is 2.31. The highest BCUT2D eigenvalue weighted by Gasteiger charge is 2.28. The highest BCUT2D eigenvalue weighted by atomic mass is 28.3. The van der Waals surface area contributed by atoms with Gasteiger partial charge in [-0.05, 0) is 12.0 Å². The molecular weight excluding hydrogens is 252 g/mol. The molecule has 0 aromatic carbocycles. The summed E-state index contributed by atoms with van der Waals surface area (Å²) in [4.78, 5) is 11.5. The Labute approximate surface area is 117 Å². The van der Waals surface area contributed by atoms with Crippen LogP contribution in [0.5, 0.6) is 0 Å². The minimum absolute atomic E-state index is 0.186. The monoisotopic (exact) mass is 276 g/mol. The van der Waals surface area contributed by atoms with E-state index in [0.29, 0.717) is 6.42 Å². The Morgan fingerprint density at radius 2 is 1.95 bits per heavy atom. The molecule has 0 N–H and O–H groups in total. The number of carbonyl (C=O) groups excluding carboxylic acids is 1. The zero-order valence-electron chi connectivity index (χ0n) is 12.4. The van der Waals surface area contributed by atoms with Gasteiger partial charge in [-0.25, -0.2) is 0 Å². The lowest BCUT2D eigenvalue weighted by Gasteiger charge is -2.27. The number of carbonyl (C=O) groups is 1. The summed E-state index contributed by atoms with van der Waals surface area (Å²) in [5.41, 5.74) is 3.32. The van der Waals surface area contributed by atoms with Gasteiger partial charge in [0, 0.05) is 5.41 Å². The number of ether oxygens (including phenoxy) is 1. The van der Waals surface area contributed by atoms with Gasteiger partial charge in [0.2, 0.25) is 0 Å². The Balaban J connectivity index is 2.93. The van der Waals surface area contributed by atoms with E-state index in [2.05, 4.69) is 56.2 Å². The van der Waals surface area contributed by atoms with Gasteiger partial charge >= 0.3 is 5.97 Å². The third kappa shape index (κ3) is 5.03. The van der Waals surface area contributed by atoms with E-state index in [1.54, 1.807) is 0 Å². The molecule has 0 unspecified atom stereocenters. The lowest BCUT2D eigenvalue weighted by molar-refractivity contribution is -0.142. The Bertz CT molecular complexity index is 420. The van der Waals surface area contributed by atoms with Gasteiger partial charge in [-0.15, -0.1) is 6.58 Å². The smallest absolute Gasteiger partial charge is 0.306 e. The van der Waals surface area contributed by atoms with E-state index < -0.39 is 8.07 Å². The molecule has 0 amide bonds. The first-order chi connectivity index (χ1) is 8.80. The molecule has 1 aliphatic carbocycles. The van der Waals surface area contributed by atoms with Crippen LogP contribution in [-0.4, -0.2) is 21.2 Å². The fraction of sp³-hybridized carbons (Fsp3) is 0.438. The average molecular weight is 276 g/mol. The molecule has 0 fully saturated rings. The van der Waals surface area contributed by atoms with E-state index in [-0.39, 0.29) is 11.4 Å². The largest absolute Gasteiger partial charge is 0.469 e. The first kappa shape index (κ1) is 15.7. The van der Waals surface area contributed by atoms with Crippen molar-refractivity contribution in [2.24, 2.45) is 5.41 Å². The molecular formula is C16H24O2Si. The van der Waals surface area contributed by atoms with Crippen molar-refractivity contribution in [3.63, 3.8) is 0 Å². The maximum atomic E-state index is 11.5. The molecule has 0 bridgehead atoms. The summed E-state index contributed by atoms with van der Waals surface area (Å²) in [5, 5.41) is 0. The summed E-state index contributed by atoms with van der Waals surface area (Å²) in [6.07, 6.45) is 11.4. The van der Waals surface area contributed by atoms with Gasteiger partial charge in [0.1, 0.15) is 0 Å². The van der Waals surface area contributed by atoms with Gasteiger partial charge in [-0.2, -0.15) is 0 Å². The fourth-order valence-corrected chi connectivity index (χ4v) is 3.36. The lowest BCUT2D eigenvalue weighted by Crippen LogP contribution is -2.22. The van der Waals surface area contributed by atoms with Crippen LogP contribution in [-0.2, 0) is 9.53 Å². The van der Waals surface area contributed by atoms with Crippen molar-refractivity contribution in [3.05, 3.63) is 48.2 Å². The highest BCUT2D eigenvalue weighted by molar-refractivity contribution is 6.81. The predicted octanol–water partition coefficient (Wildman–Crippen LogP) is 4.04. The van der Waals surface area contributed by atoms with E-state index in [1.807, 2.05) is 6.08 Å². The summed E-state index contributed by atoms with van der Waals surface area (Å²) in [6.45, 7) is 10.7. The zero-order valence-corrected chi connectivity index (χ0v) is 13.4. The number of rotatable bonds is 5. The molecule has 0 aliphatic heterocycles. The third-order valence-electron chi connectivity index (χ3n) is 3.04. The van der Waals surface area contributed by atoms with Gasteiger partial charge in [0.05, 0.1) is 21.6 Å². The number of hydrogen-bond acceptors (Lipinski definition) is 2. The van der Waals surface area contributed by atoms with E-state index >= 15 is 0 Å². The van der Waals surface area contributed by atoms with E-state index in [9.17, 15) is 4.79 Å². The second-order valence-corrected chi connectivity index (χ2v) is 11.2. The number of esters is 1. The van der Waals surface area contributed by atoms with Gasteiger partial charge < -0.3 is 4.74 Å². The molecule has 0 aromatic rings. The van der Waals surface area contributed by atoms with Crippen LogP contribution in [0.15, 0.2) is 48.2 Å². The van der Waals surface area contributed by atoms with Crippen molar-refractivity contribution >= 4 is 14.0 Å². The minimum atomic E-state index is -1.22. The van der Waals surface area contributed by atoms with Crippen LogP contribution in [0.25, 0.3) is 0 Å². The summed E-state index contributed by atoms with van der Waals surface area (Å²) < 4.78 is 4.78. The Morgan fingerprint density at radius 3 is 2.37 bits per heavy atom. The summed E-state index contributed by atoms with van der Waals surface area (Å²) in [5.74, 6) is -0.186. The van der Waals surface area contributed by atoms with Crippen molar-refractivity contribution in [1.82, 2.24) is 0 Å². The van der Waals surface area contributed by atoms with Crippen LogP contribution >= 0.6 is 0 Å². The fourth-order valence-electron chi connectivity index (χ4n) is 2.17. The molecule has 2 nitrogen and oxygen atoms in total. The summed E-state index contributed by atoms with van der Waals surface area (Å²) in [6, 6.07) is 0. The van der Waals surface area contributed by atoms with Crippen LogP contribution in [0.3, 0.4) is 0 Å². The molecule has 0 atom stereocenters. The van der Waals surface area contributed by atoms with Crippen molar-refractivity contribution in [3.8, 4) is 0 Å². The van der Waals surface area contributed by atoms with Crippen LogP contribution < -0.4 is 0 Å². The number of allylic oxidation sites excluding steroid dienone is 6. The van der Waals surface area contributed by atoms with Crippen molar-refractivity contribution < 1.29 is 9.53 Å². The SMILES string of the molecule is C=CCC1(CC(=O)OC)C=CC(=C[Si](C)(C)C)C=C1. The van der Waals surface area contributed by atoms with E-state index in [0.717, 1.165) is 6.42 Å². The molecule has 1 aliphatic rings. The Morgan fingerprint density at radius 1 is 1.37 bits per heavy atom. The molecule has 0 heterocycles. The van der Waals surface area contributed by atoms with Gasteiger partial charge in [0.15, 0.2) is 0 Å². The molecule has 0 spiro atoms. The van der Waals surface area contributed by atoms with E-state index in [1.165, 1.54) is 12.7 Å². The topological polar surface area (TPSA) is 26.3 Å². The van der Waals surface area contributed by atoms with Gasteiger partial charge in [-0.1, -0.05) is 55.7 Å². The maximum Gasteiger partial charge on any atom is 0.306 e.